The van der Waals surface area contributed by atoms with E-state index in [-0.39, 0.29) is 5.91 Å². The topological polar surface area (TPSA) is 33.2 Å². The maximum absolute atomic E-state index is 12.1. The van der Waals surface area contributed by atoms with Crippen LogP contribution < -0.4 is 0 Å². The maximum Gasteiger partial charge on any atom is 0.253 e. The largest absolute Gasteiger partial charge is 0.342 e. The van der Waals surface area contributed by atoms with Gasteiger partial charge in [-0.2, -0.15) is 0 Å². The first-order valence-corrected chi connectivity index (χ1v) is 7.91. The SMILES string of the molecule is CCCCCCCCCCN(C)C(=O)c1ccncc1. The van der Waals surface area contributed by atoms with E-state index in [0.717, 1.165) is 18.5 Å². The van der Waals surface area contributed by atoms with Gasteiger partial charge in [0.25, 0.3) is 5.91 Å². The van der Waals surface area contributed by atoms with E-state index in [1.807, 2.05) is 11.9 Å². The first-order chi connectivity index (χ1) is 9.75. The summed E-state index contributed by atoms with van der Waals surface area (Å²) in [6, 6.07) is 3.54. The molecule has 0 unspecified atom stereocenters. The third kappa shape index (κ3) is 6.69. The Morgan fingerprint density at radius 2 is 1.55 bits per heavy atom. The number of hydrogen-bond acceptors (Lipinski definition) is 2. The fourth-order valence-electron chi connectivity index (χ4n) is 2.30. The molecule has 0 aliphatic carbocycles. The van der Waals surface area contributed by atoms with Gasteiger partial charge in [-0.05, 0) is 18.6 Å². The van der Waals surface area contributed by atoms with E-state index >= 15 is 0 Å². The summed E-state index contributed by atoms with van der Waals surface area (Å²) in [4.78, 5) is 17.8. The van der Waals surface area contributed by atoms with Gasteiger partial charge in [-0.3, -0.25) is 9.78 Å². The molecule has 0 N–H and O–H groups in total. The van der Waals surface area contributed by atoms with Crippen molar-refractivity contribution in [3.63, 3.8) is 0 Å². The zero-order valence-electron chi connectivity index (χ0n) is 13.0. The van der Waals surface area contributed by atoms with E-state index in [4.69, 9.17) is 0 Å². The zero-order valence-corrected chi connectivity index (χ0v) is 13.0. The Labute approximate surface area is 123 Å². The molecule has 0 fully saturated rings. The summed E-state index contributed by atoms with van der Waals surface area (Å²) in [5.74, 6) is 0.0929. The van der Waals surface area contributed by atoms with Gasteiger partial charge >= 0.3 is 0 Å². The van der Waals surface area contributed by atoms with E-state index in [0.29, 0.717) is 0 Å². The molecule has 0 spiro atoms. The van der Waals surface area contributed by atoms with Crippen molar-refractivity contribution in [3.8, 4) is 0 Å². The van der Waals surface area contributed by atoms with E-state index in [9.17, 15) is 4.79 Å². The monoisotopic (exact) mass is 276 g/mol. The summed E-state index contributed by atoms with van der Waals surface area (Å²) >= 11 is 0. The lowest BCUT2D eigenvalue weighted by atomic mass is 10.1. The molecule has 0 atom stereocenters. The Morgan fingerprint density at radius 1 is 1.00 bits per heavy atom. The molecule has 1 heterocycles. The lowest BCUT2D eigenvalue weighted by Gasteiger charge is -2.16. The second-order valence-corrected chi connectivity index (χ2v) is 5.44. The molecule has 0 saturated heterocycles. The normalized spacial score (nSPS) is 10.5. The first kappa shape index (κ1) is 16.7. The summed E-state index contributed by atoms with van der Waals surface area (Å²) in [5.41, 5.74) is 0.724. The number of rotatable bonds is 10. The smallest absolute Gasteiger partial charge is 0.253 e. The minimum atomic E-state index is 0.0929. The summed E-state index contributed by atoms with van der Waals surface area (Å²) in [7, 11) is 1.88. The highest BCUT2D eigenvalue weighted by atomic mass is 16.2. The number of unbranched alkanes of at least 4 members (excludes halogenated alkanes) is 7. The van der Waals surface area contributed by atoms with Crippen molar-refractivity contribution in [2.45, 2.75) is 58.3 Å². The standard InChI is InChI=1S/C17H28N2O/c1-3-4-5-6-7-8-9-10-15-19(2)17(20)16-11-13-18-14-12-16/h11-14H,3-10,15H2,1-2H3. The lowest BCUT2D eigenvalue weighted by molar-refractivity contribution is 0.0792. The Balaban J connectivity index is 2.08. The van der Waals surface area contributed by atoms with Crippen LogP contribution in [-0.4, -0.2) is 29.4 Å². The molecule has 0 aliphatic rings. The molecule has 3 heteroatoms. The second kappa shape index (κ2) is 10.4. The summed E-state index contributed by atoms with van der Waals surface area (Å²) < 4.78 is 0. The van der Waals surface area contributed by atoms with Crippen molar-refractivity contribution < 1.29 is 4.79 Å². The fourth-order valence-corrected chi connectivity index (χ4v) is 2.30. The van der Waals surface area contributed by atoms with E-state index in [1.54, 1.807) is 24.5 Å². The first-order valence-electron chi connectivity index (χ1n) is 7.91. The van der Waals surface area contributed by atoms with Crippen LogP contribution in [0.2, 0.25) is 0 Å². The van der Waals surface area contributed by atoms with Crippen molar-refractivity contribution in [1.29, 1.82) is 0 Å². The van der Waals surface area contributed by atoms with Gasteiger partial charge in [0.05, 0.1) is 0 Å². The van der Waals surface area contributed by atoms with Crippen LogP contribution in [0, 0.1) is 0 Å². The lowest BCUT2D eigenvalue weighted by Crippen LogP contribution is -2.27. The number of pyridine rings is 1. The molecule has 0 aromatic carbocycles. The molecule has 1 amide bonds. The van der Waals surface area contributed by atoms with Gasteiger partial charge < -0.3 is 4.90 Å². The van der Waals surface area contributed by atoms with Crippen LogP contribution in [0.3, 0.4) is 0 Å². The van der Waals surface area contributed by atoms with Crippen LogP contribution in [0.5, 0.6) is 0 Å². The van der Waals surface area contributed by atoms with Gasteiger partial charge in [-0.25, -0.2) is 0 Å². The van der Waals surface area contributed by atoms with Crippen LogP contribution >= 0.6 is 0 Å². The predicted molar refractivity (Wildman–Crippen MR) is 83.8 cm³/mol. The zero-order chi connectivity index (χ0) is 14.6. The van der Waals surface area contributed by atoms with Gasteiger partial charge in [0.15, 0.2) is 0 Å². The van der Waals surface area contributed by atoms with Gasteiger partial charge in [-0.1, -0.05) is 51.9 Å². The van der Waals surface area contributed by atoms with Crippen LogP contribution in [0.4, 0.5) is 0 Å². The number of nitrogens with zero attached hydrogens (tertiary/aromatic N) is 2. The molecule has 1 rings (SSSR count). The second-order valence-electron chi connectivity index (χ2n) is 5.44. The number of carbonyl (C=O) groups is 1. The Kier molecular flexibility index (Phi) is 8.68. The highest BCUT2D eigenvalue weighted by Gasteiger charge is 2.10. The molecule has 3 nitrogen and oxygen atoms in total. The van der Waals surface area contributed by atoms with Crippen molar-refractivity contribution in [2.24, 2.45) is 0 Å². The van der Waals surface area contributed by atoms with E-state index in [1.165, 1.54) is 44.9 Å². The van der Waals surface area contributed by atoms with Crippen LogP contribution in [0.25, 0.3) is 0 Å². The summed E-state index contributed by atoms with van der Waals surface area (Å²) in [6.07, 6.45) is 13.7. The number of carbonyl (C=O) groups excluding carboxylic acids is 1. The minimum absolute atomic E-state index is 0.0929. The summed E-state index contributed by atoms with van der Waals surface area (Å²) in [6.45, 7) is 3.09. The van der Waals surface area contributed by atoms with Crippen molar-refractivity contribution in [3.05, 3.63) is 30.1 Å². The van der Waals surface area contributed by atoms with E-state index in [2.05, 4.69) is 11.9 Å². The molecule has 0 radical (unpaired) electrons. The minimum Gasteiger partial charge on any atom is -0.342 e. The molecule has 0 bridgehead atoms. The van der Waals surface area contributed by atoms with Crippen molar-refractivity contribution in [1.82, 2.24) is 9.88 Å². The van der Waals surface area contributed by atoms with Crippen LogP contribution in [-0.2, 0) is 0 Å². The molecular formula is C17H28N2O. The molecule has 0 saturated carbocycles. The van der Waals surface area contributed by atoms with Crippen molar-refractivity contribution in [2.75, 3.05) is 13.6 Å². The molecular weight excluding hydrogens is 248 g/mol. The van der Waals surface area contributed by atoms with Crippen molar-refractivity contribution >= 4 is 5.91 Å². The Hall–Kier alpha value is -1.38. The van der Waals surface area contributed by atoms with Gasteiger partial charge in [0.2, 0.25) is 0 Å². The summed E-state index contributed by atoms with van der Waals surface area (Å²) in [5, 5.41) is 0. The molecule has 0 aliphatic heterocycles. The average molecular weight is 276 g/mol. The number of amides is 1. The number of aromatic nitrogens is 1. The highest BCUT2D eigenvalue weighted by Crippen LogP contribution is 2.09. The predicted octanol–water partition coefficient (Wildman–Crippen LogP) is 4.29. The maximum atomic E-state index is 12.1. The molecule has 112 valence electrons. The molecule has 1 aromatic heterocycles. The fraction of sp³-hybridized carbons (Fsp3) is 0.647. The third-order valence-corrected chi connectivity index (χ3v) is 3.62. The highest BCUT2D eigenvalue weighted by molar-refractivity contribution is 5.93. The van der Waals surface area contributed by atoms with Gasteiger partial charge in [-0.15, -0.1) is 0 Å². The number of hydrogen-bond donors (Lipinski definition) is 0. The van der Waals surface area contributed by atoms with E-state index < -0.39 is 0 Å². The quantitative estimate of drug-likeness (QED) is 0.597. The molecule has 1 aromatic rings. The Bertz CT molecular complexity index is 365. The third-order valence-electron chi connectivity index (χ3n) is 3.62. The van der Waals surface area contributed by atoms with Crippen LogP contribution in [0.1, 0.15) is 68.6 Å². The van der Waals surface area contributed by atoms with Gasteiger partial charge in [0, 0.05) is 31.5 Å². The Morgan fingerprint density at radius 3 is 2.15 bits per heavy atom. The van der Waals surface area contributed by atoms with Gasteiger partial charge in [0.1, 0.15) is 0 Å². The van der Waals surface area contributed by atoms with Crippen LogP contribution in [0.15, 0.2) is 24.5 Å². The average Bonchev–Trinajstić information content (AvgIpc) is 2.50. The molecule has 20 heavy (non-hydrogen) atoms.